The number of nitrogens with one attached hydrogen (secondary N) is 1. The Bertz CT molecular complexity index is 1090. The number of nitrogens with two attached hydrogens (primary N) is 1. The van der Waals surface area contributed by atoms with Gasteiger partial charge >= 0.3 is 5.69 Å². The van der Waals surface area contributed by atoms with E-state index in [1.54, 1.807) is 21.6 Å². The first-order chi connectivity index (χ1) is 13.4. The fourth-order valence-corrected chi connectivity index (χ4v) is 4.02. The van der Waals surface area contributed by atoms with Gasteiger partial charge in [0.15, 0.2) is 5.65 Å². The molecule has 0 saturated carbocycles. The summed E-state index contributed by atoms with van der Waals surface area (Å²) < 4.78 is 15.1. The van der Waals surface area contributed by atoms with Gasteiger partial charge in [0.1, 0.15) is 5.82 Å². The number of nitrogens with zero attached hydrogens (tertiary/aromatic N) is 3. The third-order valence-corrected chi connectivity index (χ3v) is 5.20. The molecular weight excluding hydrogens is 385 g/mol. The number of likely N-dealkylation sites (tertiary alicyclic amines) is 1. The van der Waals surface area contributed by atoms with Crippen molar-refractivity contribution >= 4 is 34.4 Å². The minimum Gasteiger partial charge on any atom is -0.397 e. The van der Waals surface area contributed by atoms with Crippen LogP contribution in [-0.4, -0.2) is 38.4 Å². The van der Waals surface area contributed by atoms with Gasteiger partial charge in [-0.05, 0) is 42.7 Å². The number of hydrogen-bond acceptors (Lipinski definition) is 4. The maximum absolute atomic E-state index is 13.5. The van der Waals surface area contributed by atoms with Gasteiger partial charge in [-0.15, -0.1) is 0 Å². The second-order valence-corrected chi connectivity index (χ2v) is 7.46. The Morgan fingerprint density at radius 3 is 2.96 bits per heavy atom. The number of anilines is 1. The van der Waals surface area contributed by atoms with Crippen LogP contribution in [0.25, 0.3) is 11.2 Å². The van der Waals surface area contributed by atoms with E-state index in [1.165, 1.54) is 18.3 Å². The maximum atomic E-state index is 13.5. The zero-order valence-electron chi connectivity index (χ0n) is 15.0. The van der Waals surface area contributed by atoms with Crippen LogP contribution in [0.3, 0.4) is 0 Å². The van der Waals surface area contributed by atoms with Crippen LogP contribution in [0.5, 0.6) is 0 Å². The van der Waals surface area contributed by atoms with Gasteiger partial charge in [-0.1, -0.05) is 11.6 Å². The maximum Gasteiger partial charge on any atom is 0.327 e. The van der Waals surface area contributed by atoms with E-state index in [2.05, 4.69) is 9.97 Å². The molecule has 3 heterocycles. The van der Waals surface area contributed by atoms with Gasteiger partial charge in [0.2, 0.25) is 5.91 Å². The molecule has 9 heteroatoms. The molecule has 1 atom stereocenters. The smallest absolute Gasteiger partial charge is 0.327 e. The van der Waals surface area contributed by atoms with E-state index in [4.69, 9.17) is 17.3 Å². The lowest BCUT2D eigenvalue weighted by Crippen LogP contribution is -2.43. The molecule has 2 aromatic heterocycles. The van der Waals surface area contributed by atoms with Crippen molar-refractivity contribution in [2.75, 3.05) is 18.8 Å². The number of imidazole rings is 1. The standard InChI is InChI=1S/C19H19ClFN5O2/c20-12-4-11(5-13(21)7-12)6-17(27)25-3-1-2-15(10-25)26-16-8-14(22)9-23-18(16)24-19(26)28/h4-5,7-9,15H,1-3,6,10,22H2,(H,23,24,28)/t15-/m0/s1. The van der Waals surface area contributed by atoms with Gasteiger partial charge in [-0.25, -0.2) is 14.2 Å². The molecule has 1 aliphatic rings. The average molecular weight is 404 g/mol. The predicted molar refractivity (Wildman–Crippen MR) is 105 cm³/mol. The first kappa shape index (κ1) is 18.5. The molecule has 3 aromatic rings. The number of benzene rings is 1. The monoisotopic (exact) mass is 403 g/mol. The average Bonchev–Trinajstić information content (AvgIpc) is 2.96. The summed E-state index contributed by atoms with van der Waals surface area (Å²) in [6, 6.07) is 5.62. The van der Waals surface area contributed by atoms with E-state index < -0.39 is 5.82 Å². The molecule has 0 bridgehead atoms. The topological polar surface area (TPSA) is 97.0 Å². The van der Waals surface area contributed by atoms with Crippen molar-refractivity contribution in [2.45, 2.75) is 25.3 Å². The second kappa shape index (κ2) is 7.27. The largest absolute Gasteiger partial charge is 0.397 e. The Morgan fingerprint density at radius 2 is 2.18 bits per heavy atom. The fraction of sp³-hybridized carbons (Fsp3) is 0.316. The number of halogens is 2. The van der Waals surface area contributed by atoms with Gasteiger partial charge in [-0.3, -0.25) is 14.3 Å². The number of carbonyl (C=O) groups excluding carboxylic acids is 1. The summed E-state index contributed by atoms with van der Waals surface area (Å²) in [5.74, 6) is -0.598. The van der Waals surface area contributed by atoms with Crippen molar-refractivity contribution in [3.63, 3.8) is 0 Å². The zero-order valence-corrected chi connectivity index (χ0v) is 15.7. The molecule has 0 aliphatic carbocycles. The second-order valence-electron chi connectivity index (χ2n) is 7.03. The quantitative estimate of drug-likeness (QED) is 0.702. The number of piperidine rings is 1. The highest BCUT2D eigenvalue weighted by Gasteiger charge is 2.27. The molecule has 0 unspecified atom stereocenters. The van der Waals surface area contributed by atoms with Gasteiger partial charge in [0.05, 0.1) is 29.9 Å². The van der Waals surface area contributed by atoms with Crippen molar-refractivity contribution < 1.29 is 9.18 Å². The van der Waals surface area contributed by atoms with Crippen LogP contribution in [0.4, 0.5) is 10.1 Å². The van der Waals surface area contributed by atoms with Gasteiger partial charge < -0.3 is 10.6 Å². The lowest BCUT2D eigenvalue weighted by atomic mass is 10.0. The molecular formula is C19H19ClFN5O2. The van der Waals surface area contributed by atoms with Gasteiger partial charge in [-0.2, -0.15) is 0 Å². The molecule has 0 spiro atoms. The van der Waals surface area contributed by atoms with Crippen molar-refractivity contribution in [1.29, 1.82) is 0 Å². The van der Waals surface area contributed by atoms with Crippen LogP contribution < -0.4 is 11.4 Å². The van der Waals surface area contributed by atoms with Crippen molar-refractivity contribution in [1.82, 2.24) is 19.4 Å². The number of H-pyrrole nitrogens is 1. The molecule has 1 saturated heterocycles. The van der Waals surface area contributed by atoms with Crippen LogP contribution in [0, 0.1) is 5.82 Å². The van der Waals surface area contributed by atoms with Crippen molar-refractivity contribution in [3.8, 4) is 0 Å². The summed E-state index contributed by atoms with van der Waals surface area (Å²) in [5.41, 5.74) is 7.63. The third kappa shape index (κ3) is 3.60. The highest BCUT2D eigenvalue weighted by Crippen LogP contribution is 2.25. The highest BCUT2D eigenvalue weighted by atomic mass is 35.5. The SMILES string of the molecule is Nc1cnc2[nH]c(=O)n([C@H]3CCCN(C(=O)Cc4cc(F)cc(Cl)c4)C3)c2c1. The lowest BCUT2D eigenvalue weighted by molar-refractivity contribution is -0.132. The van der Waals surface area contributed by atoms with E-state index in [0.29, 0.717) is 35.5 Å². The molecule has 28 heavy (non-hydrogen) atoms. The number of amides is 1. The first-order valence-corrected chi connectivity index (χ1v) is 9.37. The Labute approximate surface area is 164 Å². The Morgan fingerprint density at radius 1 is 1.36 bits per heavy atom. The van der Waals surface area contributed by atoms with E-state index >= 15 is 0 Å². The summed E-state index contributed by atoms with van der Waals surface area (Å²) in [6.45, 7) is 0.986. The minimum absolute atomic E-state index is 0.0570. The van der Waals surface area contributed by atoms with E-state index in [0.717, 1.165) is 12.8 Å². The van der Waals surface area contributed by atoms with Crippen LogP contribution >= 0.6 is 11.6 Å². The molecule has 1 aliphatic heterocycles. The third-order valence-electron chi connectivity index (χ3n) is 4.98. The van der Waals surface area contributed by atoms with Crippen molar-refractivity contribution in [2.24, 2.45) is 0 Å². The van der Waals surface area contributed by atoms with Crippen molar-refractivity contribution in [3.05, 3.63) is 57.3 Å². The Hall–Kier alpha value is -2.87. The lowest BCUT2D eigenvalue weighted by Gasteiger charge is -2.33. The number of fused-ring (bicyclic) bond motifs is 1. The normalized spacial score (nSPS) is 17.2. The Kier molecular flexibility index (Phi) is 4.80. The van der Waals surface area contributed by atoms with Crippen LogP contribution in [0.2, 0.25) is 5.02 Å². The predicted octanol–water partition coefficient (Wildman–Crippen LogP) is 2.51. The molecule has 1 fully saturated rings. The number of hydrogen-bond donors (Lipinski definition) is 2. The van der Waals surface area contributed by atoms with E-state index in [1.807, 2.05) is 0 Å². The molecule has 7 nitrogen and oxygen atoms in total. The summed E-state index contributed by atoms with van der Waals surface area (Å²) in [6.07, 6.45) is 3.07. The first-order valence-electron chi connectivity index (χ1n) is 8.99. The zero-order chi connectivity index (χ0) is 19.8. The molecule has 4 rings (SSSR count). The van der Waals surface area contributed by atoms with Crippen LogP contribution in [0.15, 0.2) is 35.3 Å². The minimum atomic E-state index is -0.470. The fourth-order valence-electron chi connectivity index (χ4n) is 3.77. The number of carbonyl (C=O) groups is 1. The number of nitrogen functional groups attached to an aromatic ring is 1. The van der Waals surface area contributed by atoms with Gasteiger partial charge in [0.25, 0.3) is 0 Å². The molecule has 3 N–H and O–H groups in total. The summed E-state index contributed by atoms with van der Waals surface area (Å²) in [5, 5.41) is 0.259. The van der Waals surface area contributed by atoms with Crippen LogP contribution in [0.1, 0.15) is 24.4 Å². The van der Waals surface area contributed by atoms with Gasteiger partial charge in [0, 0.05) is 18.1 Å². The summed E-state index contributed by atoms with van der Waals surface area (Å²) in [7, 11) is 0. The molecule has 1 aromatic carbocycles. The molecule has 146 valence electrons. The number of aromatic amines is 1. The number of aromatic nitrogens is 3. The Balaban J connectivity index is 1.56. The molecule has 0 radical (unpaired) electrons. The molecule has 1 amide bonds. The number of rotatable bonds is 3. The number of pyridine rings is 1. The van der Waals surface area contributed by atoms with E-state index in [9.17, 15) is 14.0 Å². The van der Waals surface area contributed by atoms with E-state index in [-0.39, 0.29) is 29.1 Å². The highest BCUT2D eigenvalue weighted by molar-refractivity contribution is 6.30. The van der Waals surface area contributed by atoms with Crippen LogP contribution in [-0.2, 0) is 11.2 Å². The summed E-state index contributed by atoms with van der Waals surface area (Å²) in [4.78, 5) is 33.8. The summed E-state index contributed by atoms with van der Waals surface area (Å²) >= 11 is 5.87.